The number of aromatic amines is 1. The van der Waals surface area contributed by atoms with Gasteiger partial charge in [-0.2, -0.15) is 0 Å². The predicted molar refractivity (Wildman–Crippen MR) is 78.9 cm³/mol. The van der Waals surface area contributed by atoms with Crippen LogP contribution in [0, 0.1) is 0 Å². The Hall–Kier alpha value is -1.81. The molecule has 1 N–H and O–H groups in total. The van der Waals surface area contributed by atoms with E-state index in [-0.39, 0.29) is 11.9 Å². The zero-order valence-electron chi connectivity index (χ0n) is 12.0. The number of carbonyl (C=O) groups excluding carboxylic acids is 1. The van der Waals surface area contributed by atoms with Crippen molar-refractivity contribution in [1.29, 1.82) is 0 Å². The molecule has 0 saturated carbocycles. The van der Waals surface area contributed by atoms with Crippen LogP contribution in [0.1, 0.15) is 24.1 Å². The highest BCUT2D eigenvalue weighted by Crippen LogP contribution is 2.32. The third-order valence-electron chi connectivity index (χ3n) is 4.25. The highest BCUT2D eigenvalue weighted by atomic mass is 16.5. The van der Waals surface area contributed by atoms with Gasteiger partial charge in [-0.25, -0.2) is 0 Å². The molecule has 4 nitrogen and oxygen atoms in total. The van der Waals surface area contributed by atoms with Crippen molar-refractivity contribution in [3.8, 4) is 0 Å². The van der Waals surface area contributed by atoms with Crippen molar-refractivity contribution < 1.29 is 9.53 Å². The molecule has 0 amide bonds. The van der Waals surface area contributed by atoms with Crippen LogP contribution >= 0.6 is 0 Å². The number of nitrogens with zero attached hydrogens (tertiary/aromatic N) is 1. The Bertz CT molecular complexity index is 632. The molecule has 3 rings (SSSR count). The van der Waals surface area contributed by atoms with Crippen LogP contribution in [0.3, 0.4) is 0 Å². The van der Waals surface area contributed by atoms with Crippen molar-refractivity contribution in [2.45, 2.75) is 19.3 Å². The molecule has 1 aliphatic heterocycles. The van der Waals surface area contributed by atoms with Gasteiger partial charge in [-0.15, -0.1) is 0 Å². The first kappa shape index (κ1) is 13.2. The van der Waals surface area contributed by atoms with Gasteiger partial charge in [-0.3, -0.25) is 4.79 Å². The van der Waals surface area contributed by atoms with Crippen molar-refractivity contribution >= 4 is 16.9 Å². The molecule has 0 spiro atoms. The summed E-state index contributed by atoms with van der Waals surface area (Å²) in [6, 6.07) is 8.26. The number of carbonyl (C=O) groups is 1. The first-order chi connectivity index (χ1) is 9.74. The topological polar surface area (TPSA) is 45.3 Å². The fourth-order valence-corrected chi connectivity index (χ4v) is 3.12. The van der Waals surface area contributed by atoms with Gasteiger partial charge in [0.05, 0.1) is 7.11 Å². The molecule has 0 fully saturated rings. The van der Waals surface area contributed by atoms with Gasteiger partial charge in [-0.05, 0) is 24.6 Å². The van der Waals surface area contributed by atoms with E-state index in [0.29, 0.717) is 0 Å². The number of aromatic nitrogens is 1. The third-order valence-corrected chi connectivity index (χ3v) is 4.25. The van der Waals surface area contributed by atoms with Crippen LogP contribution in [-0.4, -0.2) is 42.6 Å². The fourth-order valence-electron chi connectivity index (χ4n) is 3.12. The number of likely N-dealkylation sites (N-methyl/N-ethyl adjacent to an activating group) is 1. The number of methoxy groups -OCH3 is 1. The number of hydrogen-bond donors (Lipinski definition) is 1. The summed E-state index contributed by atoms with van der Waals surface area (Å²) in [5.74, 6) is -0.372. The molecule has 20 heavy (non-hydrogen) atoms. The third kappa shape index (κ3) is 2.10. The summed E-state index contributed by atoms with van der Waals surface area (Å²) in [5, 5.41) is 1.23. The lowest BCUT2D eigenvalue weighted by atomic mass is 10.00. The normalized spacial score (nSPS) is 19.6. The Balaban J connectivity index is 2.12. The van der Waals surface area contributed by atoms with Gasteiger partial charge in [-0.1, -0.05) is 25.1 Å². The zero-order valence-corrected chi connectivity index (χ0v) is 12.0. The molecule has 0 saturated heterocycles. The number of hydrogen-bond acceptors (Lipinski definition) is 3. The summed E-state index contributed by atoms with van der Waals surface area (Å²) in [6.07, 6.45) is 0.973. The molecular weight excluding hydrogens is 252 g/mol. The largest absolute Gasteiger partial charge is 0.468 e. The van der Waals surface area contributed by atoms with E-state index in [2.05, 4.69) is 28.9 Å². The second-order valence-corrected chi connectivity index (χ2v) is 5.28. The van der Waals surface area contributed by atoms with Crippen LogP contribution < -0.4 is 0 Å². The van der Waals surface area contributed by atoms with Crippen LogP contribution in [0.2, 0.25) is 0 Å². The van der Waals surface area contributed by atoms with E-state index in [1.54, 1.807) is 0 Å². The van der Waals surface area contributed by atoms with Crippen LogP contribution in [0.4, 0.5) is 0 Å². The van der Waals surface area contributed by atoms with Gasteiger partial charge in [0.15, 0.2) is 0 Å². The van der Waals surface area contributed by atoms with Crippen molar-refractivity contribution in [2.24, 2.45) is 0 Å². The summed E-state index contributed by atoms with van der Waals surface area (Å²) in [5.41, 5.74) is 3.41. The lowest BCUT2D eigenvalue weighted by Crippen LogP contribution is -2.31. The first-order valence-electron chi connectivity index (χ1n) is 7.14. The highest BCUT2D eigenvalue weighted by molar-refractivity contribution is 5.88. The summed E-state index contributed by atoms with van der Waals surface area (Å²) in [7, 11) is 1.46. The number of esters is 1. The average Bonchev–Trinajstić information content (AvgIpc) is 2.75. The number of para-hydroxylation sites is 1. The molecule has 1 aromatic carbocycles. The number of rotatable bonds is 2. The second-order valence-electron chi connectivity index (χ2n) is 5.28. The van der Waals surface area contributed by atoms with E-state index < -0.39 is 0 Å². The van der Waals surface area contributed by atoms with Crippen LogP contribution in [-0.2, 0) is 16.0 Å². The monoisotopic (exact) mass is 272 g/mol. The Morgan fingerprint density at radius 3 is 3.00 bits per heavy atom. The number of nitrogens with one attached hydrogen (secondary N) is 1. The van der Waals surface area contributed by atoms with E-state index in [4.69, 9.17) is 4.74 Å². The van der Waals surface area contributed by atoms with E-state index in [9.17, 15) is 4.79 Å². The molecule has 0 aliphatic carbocycles. The van der Waals surface area contributed by atoms with Crippen LogP contribution in [0.15, 0.2) is 24.3 Å². The molecule has 2 aromatic rings. The minimum atomic E-state index is -0.218. The van der Waals surface area contributed by atoms with E-state index in [1.165, 1.54) is 18.1 Å². The smallest absolute Gasteiger partial charge is 0.315 e. The lowest BCUT2D eigenvalue weighted by molar-refractivity contribution is -0.142. The zero-order chi connectivity index (χ0) is 14.1. The number of fused-ring (bicyclic) bond motifs is 3. The van der Waals surface area contributed by atoms with E-state index in [0.717, 1.165) is 37.3 Å². The van der Waals surface area contributed by atoms with E-state index >= 15 is 0 Å². The lowest BCUT2D eigenvalue weighted by Gasteiger charge is -2.21. The Morgan fingerprint density at radius 1 is 1.45 bits per heavy atom. The average molecular weight is 272 g/mol. The van der Waals surface area contributed by atoms with Gasteiger partial charge in [0.25, 0.3) is 0 Å². The van der Waals surface area contributed by atoms with Gasteiger partial charge < -0.3 is 14.6 Å². The second kappa shape index (κ2) is 5.29. The minimum absolute atomic E-state index is 0.154. The van der Waals surface area contributed by atoms with Gasteiger partial charge in [0, 0.05) is 29.7 Å². The molecule has 0 bridgehead atoms. The molecule has 106 valence electrons. The molecule has 4 heteroatoms. The summed E-state index contributed by atoms with van der Waals surface area (Å²) in [6.45, 7) is 4.80. The number of H-pyrrole nitrogens is 1. The van der Waals surface area contributed by atoms with Gasteiger partial charge in [0.1, 0.15) is 5.92 Å². The Kier molecular flexibility index (Phi) is 3.49. The summed E-state index contributed by atoms with van der Waals surface area (Å²) < 4.78 is 5.01. The van der Waals surface area contributed by atoms with Crippen molar-refractivity contribution in [2.75, 3.05) is 26.7 Å². The van der Waals surface area contributed by atoms with Crippen LogP contribution in [0.5, 0.6) is 0 Å². The number of benzene rings is 1. The van der Waals surface area contributed by atoms with Crippen molar-refractivity contribution in [3.05, 3.63) is 35.5 Å². The molecule has 1 atom stereocenters. The molecule has 1 unspecified atom stereocenters. The maximum atomic E-state index is 12.2. The SMILES string of the molecule is CCN1CCc2c([nH]c3ccccc23)C(C(=O)OC)C1. The standard InChI is InChI=1S/C16H20N2O2/c1-3-18-9-8-12-11-6-4-5-7-14(11)17-15(12)13(10-18)16(19)20-2/h4-7,13,17H,3,8-10H2,1-2H3. The Morgan fingerprint density at radius 2 is 2.25 bits per heavy atom. The predicted octanol–water partition coefficient (Wildman–Crippen LogP) is 2.30. The summed E-state index contributed by atoms with van der Waals surface area (Å²) >= 11 is 0. The molecule has 2 heterocycles. The summed E-state index contributed by atoms with van der Waals surface area (Å²) in [4.78, 5) is 17.9. The fraction of sp³-hybridized carbons (Fsp3) is 0.438. The first-order valence-corrected chi connectivity index (χ1v) is 7.14. The van der Waals surface area contributed by atoms with Crippen molar-refractivity contribution in [3.63, 3.8) is 0 Å². The highest BCUT2D eigenvalue weighted by Gasteiger charge is 2.31. The van der Waals surface area contributed by atoms with Gasteiger partial charge >= 0.3 is 5.97 Å². The maximum absolute atomic E-state index is 12.2. The molecule has 1 aromatic heterocycles. The molecule has 0 radical (unpaired) electrons. The Labute approximate surface area is 118 Å². The molecular formula is C16H20N2O2. The van der Waals surface area contributed by atoms with E-state index in [1.807, 2.05) is 12.1 Å². The van der Waals surface area contributed by atoms with Crippen LogP contribution in [0.25, 0.3) is 10.9 Å². The van der Waals surface area contributed by atoms with Gasteiger partial charge in [0.2, 0.25) is 0 Å². The minimum Gasteiger partial charge on any atom is -0.468 e. The number of ether oxygens (including phenoxy) is 1. The molecule has 1 aliphatic rings. The maximum Gasteiger partial charge on any atom is 0.315 e. The quantitative estimate of drug-likeness (QED) is 0.853. The van der Waals surface area contributed by atoms with Crippen molar-refractivity contribution in [1.82, 2.24) is 9.88 Å².